The number of ether oxygens (including phenoxy) is 2. The fourth-order valence-electron chi connectivity index (χ4n) is 1.86. The Hall–Kier alpha value is -0.160. The molecule has 0 aromatic carbocycles. The molecule has 98 valence electrons. The van der Waals surface area contributed by atoms with E-state index in [0.717, 1.165) is 45.7 Å². The maximum absolute atomic E-state index is 5.16. The van der Waals surface area contributed by atoms with Crippen LogP contribution in [0.3, 0.4) is 0 Å². The van der Waals surface area contributed by atoms with Gasteiger partial charge in [0.05, 0.1) is 6.61 Å². The summed E-state index contributed by atoms with van der Waals surface area (Å²) < 4.78 is 10.3. The minimum absolute atomic E-state index is 0.594. The lowest BCUT2D eigenvalue weighted by Crippen LogP contribution is -2.43. The van der Waals surface area contributed by atoms with Gasteiger partial charge < -0.3 is 14.8 Å². The molecule has 0 bridgehead atoms. The molecule has 1 unspecified atom stereocenters. The van der Waals surface area contributed by atoms with Gasteiger partial charge in [0.15, 0.2) is 0 Å². The van der Waals surface area contributed by atoms with Gasteiger partial charge in [-0.3, -0.25) is 4.90 Å². The molecule has 1 N–H and O–H groups in total. The van der Waals surface area contributed by atoms with Crippen LogP contribution in [0.5, 0.6) is 0 Å². The number of nitrogens with one attached hydrogen (secondary N) is 1. The molecule has 1 atom stereocenters. The highest BCUT2D eigenvalue weighted by Gasteiger charge is 2.15. The summed E-state index contributed by atoms with van der Waals surface area (Å²) in [5.41, 5.74) is 0. The first-order chi connectivity index (χ1) is 7.79. The monoisotopic (exact) mass is 232 g/mol. The SMILES string of the molecule is CCC(CNC)N(CCCOC)CCOC. The van der Waals surface area contributed by atoms with Gasteiger partial charge in [-0.05, 0) is 19.9 Å². The summed E-state index contributed by atoms with van der Waals surface area (Å²) in [4.78, 5) is 2.49. The van der Waals surface area contributed by atoms with Gasteiger partial charge in [0, 0.05) is 46.5 Å². The molecule has 0 saturated carbocycles. The van der Waals surface area contributed by atoms with Crippen LogP contribution in [0.25, 0.3) is 0 Å². The summed E-state index contributed by atoms with van der Waals surface area (Å²) in [7, 11) is 5.52. The molecule has 0 aromatic rings. The molecule has 0 rings (SSSR count). The first-order valence-electron chi connectivity index (χ1n) is 6.16. The minimum Gasteiger partial charge on any atom is -0.385 e. The Morgan fingerprint density at radius 2 is 1.81 bits per heavy atom. The standard InChI is InChI=1S/C12H28N2O2/c1-5-12(11-13-2)14(8-10-16-4)7-6-9-15-3/h12-13H,5-11H2,1-4H3. The average molecular weight is 232 g/mol. The molecule has 0 saturated heterocycles. The van der Waals surface area contributed by atoms with E-state index in [0.29, 0.717) is 6.04 Å². The summed E-state index contributed by atoms with van der Waals surface area (Å²) in [6.45, 7) is 6.98. The van der Waals surface area contributed by atoms with E-state index in [9.17, 15) is 0 Å². The zero-order valence-electron chi connectivity index (χ0n) is 11.3. The van der Waals surface area contributed by atoms with Crippen LogP contribution in [-0.4, -0.2) is 65.1 Å². The van der Waals surface area contributed by atoms with Gasteiger partial charge >= 0.3 is 0 Å². The summed E-state index contributed by atoms with van der Waals surface area (Å²) in [5, 5.41) is 3.25. The van der Waals surface area contributed by atoms with Crippen molar-refractivity contribution in [1.82, 2.24) is 10.2 Å². The highest BCUT2D eigenvalue weighted by atomic mass is 16.5. The second kappa shape index (κ2) is 11.3. The van der Waals surface area contributed by atoms with Crippen molar-refractivity contribution in [3.63, 3.8) is 0 Å². The predicted octanol–water partition coefficient (Wildman–Crippen LogP) is 0.969. The van der Waals surface area contributed by atoms with Crippen molar-refractivity contribution in [3.05, 3.63) is 0 Å². The van der Waals surface area contributed by atoms with E-state index in [1.165, 1.54) is 0 Å². The van der Waals surface area contributed by atoms with Gasteiger partial charge in [-0.25, -0.2) is 0 Å². The largest absolute Gasteiger partial charge is 0.385 e. The number of hydrogen-bond donors (Lipinski definition) is 1. The third-order valence-electron chi connectivity index (χ3n) is 2.80. The molecule has 0 spiro atoms. The van der Waals surface area contributed by atoms with Crippen LogP contribution in [0.4, 0.5) is 0 Å². The Labute approximate surface area is 100 Å². The van der Waals surface area contributed by atoms with Crippen LogP contribution in [0, 0.1) is 0 Å². The quantitative estimate of drug-likeness (QED) is 0.538. The zero-order valence-corrected chi connectivity index (χ0v) is 11.3. The van der Waals surface area contributed by atoms with Crippen LogP contribution >= 0.6 is 0 Å². The Morgan fingerprint density at radius 1 is 1.12 bits per heavy atom. The third kappa shape index (κ3) is 7.17. The lowest BCUT2D eigenvalue weighted by atomic mass is 10.1. The second-order valence-corrected chi connectivity index (χ2v) is 3.99. The third-order valence-corrected chi connectivity index (χ3v) is 2.80. The number of likely N-dealkylation sites (N-methyl/N-ethyl adjacent to an activating group) is 1. The van der Waals surface area contributed by atoms with Crippen LogP contribution < -0.4 is 5.32 Å². The maximum atomic E-state index is 5.16. The van der Waals surface area contributed by atoms with Crippen LogP contribution in [0.15, 0.2) is 0 Å². The zero-order chi connectivity index (χ0) is 12.2. The van der Waals surface area contributed by atoms with E-state index < -0.39 is 0 Å². The Kier molecular flexibility index (Phi) is 11.2. The lowest BCUT2D eigenvalue weighted by molar-refractivity contribution is 0.104. The fraction of sp³-hybridized carbons (Fsp3) is 1.00. The van der Waals surface area contributed by atoms with Gasteiger partial charge in [-0.1, -0.05) is 6.92 Å². The summed E-state index contributed by atoms with van der Waals surface area (Å²) in [5.74, 6) is 0. The maximum Gasteiger partial charge on any atom is 0.0589 e. The van der Waals surface area contributed by atoms with E-state index >= 15 is 0 Å². The van der Waals surface area contributed by atoms with Gasteiger partial charge in [0.2, 0.25) is 0 Å². The molecule has 0 fully saturated rings. The van der Waals surface area contributed by atoms with Gasteiger partial charge in [-0.2, -0.15) is 0 Å². The topological polar surface area (TPSA) is 33.7 Å². The highest BCUT2D eigenvalue weighted by Crippen LogP contribution is 2.04. The van der Waals surface area contributed by atoms with E-state index in [4.69, 9.17) is 9.47 Å². The van der Waals surface area contributed by atoms with Gasteiger partial charge in [0.1, 0.15) is 0 Å². The molecular weight excluding hydrogens is 204 g/mol. The van der Waals surface area contributed by atoms with Crippen molar-refractivity contribution in [3.8, 4) is 0 Å². The van der Waals surface area contributed by atoms with Crippen molar-refractivity contribution in [2.24, 2.45) is 0 Å². The van der Waals surface area contributed by atoms with E-state index in [1.807, 2.05) is 7.05 Å². The molecule has 0 aliphatic rings. The normalized spacial score (nSPS) is 13.3. The molecule has 16 heavy (non-hydrogen) atoms. The predicted molar refractivity (Wildman–Crippen MR) is 67.9 cm³/mol. The fourth-order valence-corrected chi connectivity index (χ4v) is 1.86. The summed E-state index contributed by atoms with van der Waals surface area (Å²) in [6.07, 6.45) is 2.25. The molecular formula is C12H28N2O2. The number of methoxy groups -OCH3 is 2. The lowest BCUT2D eigenvalue weighted by Gasteiger charge is -2.30. The van der Waals surface area contributed by atoms with Crippen LogP contribution in [0.2, 0.25) is 0 Å². The van der Waals surface area contributed by atoms with E-state index in [-0.39, 0.29) is 0 Å². The number of nitrogens with zero attached hydrogens (tertiary/aromatic N) is 1. The first-order valence-corrected chi connectivity index (χ1v) is 6.16. The minimum atomic E-state index is 0.594. The summed E-state index contributed by atoms with van der Waals surface area (Å²) in [6, 6.07) is 0.594. The summed E-state index contributed by atoms with van der Waals surface area (Å²) >= 11 is 0. The average Bonchev–Trinajstić information content (AvgIpc) is 2.31. The smallest absolute Gasteiger partial charge is 0.0589 e. The number of rotatable bonds is 11. The number of hydrogen-bond acceptors (Lipinski definition) is 4. The highest BCUT2D eigenvalue weighted by molar-refractivity contribution is 4.72. The van der Waals surface area contributed by atoms with Crippen molar-refractivity contribution in [1.29, 1.82) is 0 Å². The van der Waals surface area contributed by atoms with Crippen LogP contribution in [0.1, 0.15) is 19.8 Å². The van der Waals surface area contributed by atoms with Crippen molar-refractivity contribution < 1.29 is 9.47 Å². The molecule has 0 radical (unpaired) electrons. The van der Waals surface area contributed by atoms with Crippen molar-refractivity contribution >= 4 is 0 Å². The Balaban J connectivity index is 4.02. The van der Waals surface area contributed by atoms with Gasteiger partial charge in [0.25, 0.3) is 0 Å². The molecule has 4 nitrogen and oxygen atoms in total. The molecule has 0 aliphatic heterocycles. The second-order valence-electron chi connectivity index (χ2n) is 3.99. The molecule has 0 amide bonds. The van der Waals surface area contributed by atoms with E-state index in [2.05, 4.69) is 17.1 Å². The Bertz CT molecular complexity index is 145. The Morgan fingerprint density at radius 3 is 2.31 bits per heavy atom. The van der Waals surface area contributed by atoms with Crippen molar-refractivity contribution in [2.75, 3.05) is 54.1 Å². The molecule has 0 heterocycles. The first kappa shape index (κ1) is 15.8. The van der Waals surface area contributed by atoms with Crippen molar-refractivity contribution in [2.45, 2.75) is 25.8 Å². The van der Waals surface area contributed by atoms with Gasteiger partial charge in [-0.15, -0.1) is 0 Å². The molecule has 0 aliphatic carbocycles. The molecule has 4 heteroatoms. The molecule has 0 aromatic heterocycles. The van der Waals surface area contributed by atoms with Crippen LogP contribution in [-0.2, 0) is 9.47 Å². The van der Waals surface area contributed by atoms with E-state index in [1.54, 1.807) is 14.2 Å².